The first-order valence-electron chi connectivity index (χ1n) is 7.69. The van der Waals surface area contributed by atoms with Crippen molar-refractivity contribution in [2.24, 2.45) is 4.99 Å². The number of hydrogen-bond donors (Lipinski definition) is 1. The monoisotopic (exact) mass is 323 g/mol. The molecule has 1 aliphatic heterocycles. The van der Waals surface area contributed by atoms with Gasteiger partial charge in [-0.2, -0.15) is 0 Å². The molecule has 122 valence electrons. The molecule has 0 saturated heterocycles. The fraction of sp³-hybridized carbons (Fsp3) is 0.625. The molecular formula is C16H25N3O2S. The maximum atomic E-state index is 12.1. The van der Waals surface area contributed by atoms with Gasteiger partial charge in [0.05, 0.1) is 19.6 Å². The summed E-state index contributed by atoms with van der Waals surface area (Å²) in [6.07, 6.45) is 0.767. The molecule has 0 spiro atoms. The highest BCUT2D eigenvalue weighted by molar-refractivity contribution is 7.10. The Kier molecular flexibility index (Phi) is 5.45. The lowest BCUT2D eigenvalue weighted by molar-refractivity contribution is 0.0276. The summed E-state index contributed by atoms with van der Waals surface area (Å²) in [6, 6.07) is 2.16. The van der Waals surface area contributed by atoms with Gasteiger partial charge in [0, 0.05) is 11.4 Å². The van der Waals surface area contributed by atoms with Gasteiger partial charge in [-0.3, -0.25) is 9.89 Å². The van der Waals surface area contributed by atoms with Gasteiger partial charge in [0.25, 0.3) is 0 Å². The standard InChI is InChI=1S/C16H25N3O2S/c1-5-12-6-9-22-13(12)10-18-14-11-19(8-7-17-14)15(20)21-16(2,3)4/h6,9H,5,7-8,10-11H2,1-4H3,(H,17,18). The van der Waals surface area contributed by atoms with Crippen molar-refractivity contribution < 1.29 is 9.53 Å². The number of nitrogens with zero attached hydrogens (tertiary/aromatic N) is 2. The Morgan fingerprint density at radius 1 is 1.50 bits per heavy atom. The fourth-order valence-corrected chi connectivity index (χ4v) is 3.14. The number of nitrogens with one attached hydrogen (secondary N) is 1. The van der Waals surface area contributed by atoms with E-state index in [9.17, 15) is 4.79 Å². The minimum atomic E-state index is -0.466. The van der Waals surface area contributed by atoms with Gasteiger partial charge in [0.2, 0.25) is 0 Å². The molecule has 1 aromatic heterocycles. The van der Waals surface area contributed by atoms with Crippen LogP contribution in [-0.2, 0) is 17.7 Å². The van der Waals surface area contributed by atoms with Crippen LogP contribution in [0.15, 0.2) is 16.4 Å². The maximum absolute atomic E-state index is 12.1. The van der Waals surface area contributed by atoms with E-state index in [1.165, 1.54) is 10.4 Å². The molecule has 0 radical (unpaired) electrons. The lowest BCUT2D eigenvalue weighted by Crippen LogP contribution is -2.47. The minimum absolute atomic E-state index is 0.271. The summed E-state index contributed by atoms with van der Waals surface area (Å²) in [6.45, 7) is 10.3. The van der Waals surface area contributed by atoms with Crippen LogP contribution in [0.5, 0.6) is 0 Å². The van der Waals surface area contributed by atoms with Crippen molar-refractivity contribution in [1.82, 2.24) is 10.2 Å². The van der Waals surface area contributed by atoms with Crippen molar-refractivity contribution in [2.75, 3.05) is 19.6 Å². The fourth-order valence-electron chi connectivity index (χ4n) is 2.23. The third-order valence-electron chi connectivity index (χ3n) is 3.34. The summed E-state index contributed by atoms with van der Waals surface area (Å²) in [7, 11) is 0. The molecule has 0 bridgehead atoms. The minimum Gasteiger partial charge on any atom is -0.444 e. The molecule has 0 aliphatic carbocycles. The summed E-state index contributed by atoms with van der Waals surface area (Å²) in [5.74, 6) is 0.854. The second kappa shape index (κ2) is 7.13. The van der Waals surface area contributed by atoms with Crippen molar-refractivity contribution in [3.63, 3.8) is 0 Å². The van der Waals surface area contributed by atoms with Crippen LogP contribution in [-0.4, -0.2) is 42.1 Å². The first-order valence-corrected chi connectivity index (χ1v) is 8.57. The third-order valence-corrected chi connectivity index (χ3v) is 4.30. The van der Waals surface area contributed by atoms with Crippen molar-refractivity contribution in [3.8, 4) is 0 Å². The van der Waals surface area contributed by atoms with Crippen LogP contribution >= 0.6 is 11.3 Å². The summed E-state index contributed by atoms with van der Waals surface area (Å²) in [4.78, 5) is 19.6. The molecule has 1 amide bonds. The number of ether oxygens (including phenoxy) is 1. The molecule has 0 aromatic carbocycles. The molecule has 1 N–H and O–H groups in total. The predicted octanol–water partition coefficient (Wildman–Crippen LogP) is 3.05. The first kappa shape index (κ1) is 16.8. The molecule has 6 heteroatoms. The summed E-state index contributed by atoms with van der Waals surface area (Å²) in [5, 5.41) is 5.47. The molecular weight excluding hydrogens is 298 g/mol. The summed E-state index contributed by atoms with van der Waals surface area (Å²) in [5.41, 5.74) is 0.907. The predicted molar refractivity (Wildman–Crippen MR) is 90.6 cm³/mol. The molecule has 1 aromatic rings. The van der Waals surface area contributed by atoms with Crippen molar-refractivity contribution in [2.45, 2.75) is 46.3 Å². The number of aryl methyl sites for hydroxylation is 1. The van der Waals surface area contributed by atoms with Gasteiger partial charge >= 0.3 is 6.09 Å². The number of hydrogen-bond acceptors (Lipinski definition) is 5. The Morgan fingerprint density at radius 2 is 2.27 bits per heavy atom. The van der Waals surface area contributed by atoms with Gasteiger partial charge in [-0.05, 0) is 44.2 Å². The van der Waals surface area contributed by atoms with E-state index >= 15 is 0 Å². The zero-order chi connectivity index (χ0) is 16.2. The SMILES string of the molecule is CCc1ccsc1CNC1=NCCN(C(=O)OC(C)(C)C)C1. The molecule has 1 aliphatic rings. The lowest BCUT2D eigenvalue weighted by Gasteiger charge is -2.29. The zero-order valence-corrected chi connectivity index (χ0v) is 14.6. The normalized spacial score (nSPS) is 15.5. The van der Waals surface area contributed by atoms with Gasteiger partial charge in [0.15, 0.2) is 0 Å². The van der Waals surface area contributed by atoms with Crippen molar-refractivity contribution in [3.05, 3.63) is 21.9 Å². The number of aliphatic imine (C=N–C) groups is 1. The second-order valence-corrected chi connectivity index (χ2v) is 7.31. The van der Waals surface area contributed by atoms with Crippen LogP contribution in [0.4, 0.5) is 4.79 Å². The second-order valence-electron chi connectivity index (χ2n) is 6.31. The Balaban J connectivity index is 1.88. The van der Waals surface area contributed by atoms with Crippen LogP contribution in [0, 0.1) is 0 Å². The van der Waals surface area contributed by atoms with E-state index in [1.54, 1.807) is 16.2 Å². The van der Waals surface area contributed by atoms with Gasteiger partial charge < -0.3 is 10.1 Å². The van der Waals surface area contributed by atoms with E-state index in [-0.39, 0.29) is 6.09 Å². The molecule has 0 unspecified atom stereocenters. The number of rotatable bonds is 3. The molecule has 2 rings (SSSR count). The van der Waals surface area contributed by atoms with Crippen LogP contribution in [0.2, 0.25) is 0 Å². The molecule has 0 atom stereocenters. The van der Waals surface area contributed by atoms with Crippen LogP contribution in [0.3, 0.4) is 0 Å². The van der Waals surface area contributed by atoms with E-state index in [0.29, 0.717) is 19.6 Å². The van der Waals surface area contributed by atoms with E-state index in [1.807, 2.05) is 20.8 Å². The summed E-state index contributed by atoms with van der Waals surface area (Å²) >= 11 is 1.75. The van der Waals surface area contributed by atoms with Gasteiger partial charge in [-0.1, -0.05) is 6.92 Å². The average molecular weight is 323 g/mol. The smallest absolute Gasteiger partial charge is 0.410 e. The Hall–Kier alpha value is -1.56. The largest absolute Gasteiger partial charge is 0.444 e. The quantitative estimate of drug-likeness (QED) is 0.930. The van der Waals surface area contributed by atoms with E-state index in [2.05, 4.69) is 28.7 Å². The Morgan fingerprint density at radius 3 is 2.95 bits per heavy atom. The molecule has 22 heavy (non-hydrogen) atoms. The topological polar surface area (TPSA) is 53.9 Å². The zero-order valence-electron chi connectivity index (χ0n) is 13.8. The number of thiophene rings is 1. The third kappa shape index (κ3) is 4.73. The van der Waals surface area contributed by atoms with Crippen LogP contribution in [0.25, 0.3) is 0 Å². The number of carbonyl (C=O) groups is 1. The van der Waals surface area contributed by atoms with Gasteiger partial charge in [-0.15, -0.1) is 11.3 Å². The maximum Gasteiger partial charge on any atom is 0.410 e. The highest BCUT2D eigenvalue weighted by Gasteiger charge is 2.24. The molecule has 5 nitrogen and oxygen atoms in total. The van der Waals surface area contributed by atoms with Crippen LogP contribution < -0.4 is 5.32 Å². The van der Waals surface area contributed by atoms with Crippen molar-refractivity contribution >= 4 is 23.3 Å². The summed E-state index contributed by atoms with van der Waals surface area (Å²) < 4.78 is 5.42. The highest BCUT2D eigenvalue weighted by Crippen LogP contribution is 2.17. The number of carbonyl (C=O) groups excluding carboxylic acids is 1. The van der Waals surface area contributed by atoms with E-state index in [4.69, 9.17) is 4.74 Å². The van der Waals surface area contributed by atoms with Crippen LogP contribution in [0.1, 0.15) is 38.1 Å². The van der Waals surface area contributed by atoms with Crippen molar-refractivity contribution in [1.29, 1.82) is 0 Å². The number of amides is 1. The van der Waals surface area contributed by atoms with E-state index < -0.39 is 5.60 Å². The molecule has 0 fully saturated rings. The molecule has 0 saturated carbocycles. The van der Waals surface area contributed by atoms with Gasteiger partial charge in [-0.25, -0.2) is 4.79 Å². The first-order chi connectivity index (χ1) is 10.4. The van der Waals surface area contributed by atoms with E-state index in [0.717, 1.165) is 18.8 Å². The Labute approximate surface area is 136 Å². The molecule has 2 heterocycles. The highest BCUT2D eigenvalue weighted by atomic mass is 32.1. The Bertz CT molecular complexity index is 546. The lowest BCUT2D eigenvalue weighted by atomic mass is 10.2. The van der Waals surface area contributed by atoms with Gasteiger partial charge in [0.1, 0.15) is 11.4 Å². The number of amidine groups is 1. The average Bonchev–Trinajstić information content (AvgIpc) is 2.91.